The SMILES string of the molecule is COc1ccc(CN/N=C/c2ccc(OCc3ccccc3)cc2)cc1OC. The minimum atomic E-state index is 0.557. The second-order valence-corrected chi connectivity index (χ2v) is 6.13. The van der Waals surface area contributed by atoms with Crippen molar-refractivity contribution < 1.29 is 14.2 Å². The molecule has 3 rings (SSSR count). The highest BCUT2D eigenvalue weighted by Gasteiger charge is 2.03. The van der Waals surface area contributed by atoms with Crippen LogP contribution >= 0.6 is 0 Å². The summed E-state index contributed by atoms with van der Waals surface area (Å²) in [6, 6.07) is 23.7. The number of nitrogens with zero attached hydrogens (tertiary/aromatic N) is 1. The van der Waals surface area contributed by atoms with Crippen molar-refractivity contribution in [3.05, 3.63) is 89.5 Å². The van der Waals surface area contributed by atoms with E-state index >= 15 is 0 Å². The van der Waals surface area contributed by atoms with Gasteiger partial charge >= 0.3 is 0 Å². The normalized spacial score (nSPS) is 10.6. The van der Waals surface area contributed by atoms with Crippen LogP contribution in [0.1, 0.15) is 16.7 Å². The van der Waals surface area contributed by atoms with Crippen LogP contribution < -0.4 is 19.6 Å². The molecule has 1 N–H and O–H groups in total. The average Bonchev–Trinajstić information content (AvgIpc) is 2.76. The summed E-state index contributed by atoms with van der Waals surface area (Å²) in [5, 5.41) is 4.27. The fourth-order valence-corrected chi connectivity index (χ4v) is 2.64. The molecule has 3 aromatic carbocycles. The quantitative estimate of drug-likeness (QED) is 0.444. The minimum absolute atomic E-state index is 0.557. The first-order valence-electron chi connectivity index (χ1n) is 9.02. The van der Waals surface area contributed by atoms with Crippen molar-refractivity contribution in [1.29, 1.82) is 0 Å². The second kappa shape index (κ2) is 10.0. The summed E-state index contributed by atoms with van der Waals surface area (Å²) < 4.78 is 16.3. The van der Waals surface area contributed by atoms with Gasteiger partial charge in [-0.05, 0) is 53.1 Å². The third kappa shape index (κ3) is 5.51. The predicted octanol–water partition coefficient (Wildman–Crippen LogP) is 4.41. The summed E-state index contributed by atoms with van der Waals surface area (Å²) >= 11 is 0. The van der Waals surface area contributed by atoms with Gasteiger partial charge in [0.05, 0.1) is 27.0 Å². The fourth-order valence-electron chi connectivity index (χ4n) is 2.64. The molecule has 28 heavy (non-hydrogen) atoms. The number of methoxy groups -OCH3 is 2. The van der Waals surface area contributed by atoms with Crippen LogP contribution in [0.3, 0.4) is 0 Å². The molecule has 0 atom stereocenters. The van der Waals surface area contributed by atoms with Gasteiger partial charge in [-0.25, -0.2) is 0 Å². The van der Waals surface area contributed by atoms with Crippen LogP contribution in [0.4, 0.5) is 0 Å². The van der Waals surface area contributed by atoms with Gasteiger partial charge in [0.15, 0.2) is 11.5 Å². The Bertz CT molecular complexity index is 893. The maximum atomic E-state index is 5.79. The molecule has 3 aromatic rings. The zero-order valence-electron chi connectivity index (χ0n) is 16.1. The zero-order valence-corrected chi connectivity index (χ0v) is 16.1. The molecule has 0 aliphatic heterocycles. The molecule has 5 nitrogen and oxygen atoms in total. The largest absolute Gasteiger partial charge is 0.493 e. The van der Waals surface area contributed by atoms with E-state index in [9.17, 15) is 0 Å². The lowest BCUT2D eigenvalue weighted by molar-refractivity contribution is 0.306. The van der Waals surface area contributed by atoms with Gasteiger partial charge in [-0.2, -0.15) is 5.10 Å². The Morgan fingerprint density at radius 1 is 0.821 bits per heavy atom. The zero-order chi connectivity index (χ0) is 19.6. The summed E-state index contributed by atoms with van der Waals surface area (Å²) in [5.41, 5.74) is 6.24. The predicted molar refractivity (Wildman–Crippen MR) is 111 cm³/mol. The van der Waals surface area contributed by atoms with Crippen LogP contribution in [0, 0.1) is 0 Å². The van der Waals surface area contributed by atoms with Gasteiger partial charge in [0.25, 0.3) is 0 Å². The molecule has 0 aromatic heterocycles. The molecule has 0 radical (unpaired) electrons. The Labute approximate surface area is 165 Å². The highest BCUT2D eigenvalue weighted by Crippen LogP contribution is 2.27. The average molecular weight is 376 g/mol. The van der Waals surface area contributed by atoms with E-state index in [0.717, 1.165) is 22.4 Å². The number of hydrazone groups is 1. The lowest BCUT2D eigenvalue weighted by Gasteiger charge is -2.09. The van der Waals surface area contributed by atoms with Crippen molar-refractivity contribution in [3.63, 3.8) is 0 Å². The van der Waals surface area contributed by atoms with Crippen LogP contribution in [-0.2, 0) is 13.2 Å². The van der Waals surface area contributed by atoms with Crippen molar-refractivity contribution in [2.24, 2.45) is 5.10 Å². The Kier molecular flexibility index (Phi) is 6.90. The van der Waals surface area contributed by atoms with E-state index in [1.165, 1.54) is 0 Å². The Hall–Kier alpha value is -3.47. The van der Waals surface area contributed by atoms with E-state index in [-0.39, 0.29) is 0 Å². The molecule has 144 valence electrons. The molecule has 5 heteroatoms. The van der Waals surface area contributed by atoms with Crippen molar-refractivity contribution >= 4 is 6.21 Å². The summed E-state index contributed by atoms with van der Waals surface area (Å²) in [5.74, 6) is 2.25. The molecule has 0 heterocycles. The smallest absolute Gasteiger partial charge is 0.161 e. The van der Waals surface area contributed by atoms with Crippen LogP contribution in [0.15, 0.2) is 77.9 Å². The molecule has 0 saturated heterocycles. The molecule has 0 amide bonds. The Morgan fingerprint density at radius 2 is 1.57 bits per heavy atom. The highest BCUT2D eigenvalue weighted by molar-refractivity contribution is 5.79. The second-order valence-electron chi connectivity index (χ2n) is 6.13. The van der Waals surface area contributed by atoms with Crippen molar-refractivity contribution in [1.82, 2.24) is 5.43 Å². The Balaban J connectivity index is 1.48. The topological polar surface area (TPSA) is 52.1 Å². The number of rotatable bonds is 9. The standard InChI is InChI=1S/C23H24N2O3/c1-26-22-13-10-20(14-23(22)27-2)16-25-24-15-18-8-11-21(12-9-18)28-17-19-6-4-3-5-7-19/h3-15,25H,16-17H2,1-2H3/b24-15+. The van der Waals surface area contributed by atoms with Gasteiger partial charge in [0.2, 0.25) is 0 Å². The van der Waals surface area contributed by atoms with Gasteiger partial charge in [-0.1, -0.05) is 36.4 Å². The highest BCUT2D eigenvalue weighted by atomic mass is 16.5. The summed E-state index contributed by atoms with van der Waals surface area (Å²) in [6.07, 6.45) is 1.78. The molecule has 0 spiro atoms. The van der Waals surface area contributed by atoms with Gasteiger partial charge in [-0.3, -0.25) is 0 Å². The molecule has 0 fully saturated rings. The summed E-state index contributed by atoms with van der Waals surface area (Å²) in [4.78, 5) is 0. The molecule has 0 aliphatic rings. The van der Waals surface area contributed by atoms with E-state index in [0.29, 0.717) is 24.7 Å². The molecular weight excluding hydrogens is 352 g/mol. The first-order valence-corrected chi connectivity index (χ1v) is 9.02. The molecule has 0 unspecified atom stereocenters. The number of nitrogens with one attached hydrogen (secondary N) is 1. The number of benzene rings is 3. The first-order chi connectivity index (χ1) is 13.8. The van der Waals surface area contributed by atoms with Crippen LogP contribution in [0.5, 0.6) is 17.2 Å². The third-order valence-electron chi connectivity index (χ3n) is 4.16. The van der Waals surface area contributed by atoms with Gasteiger partial charge in [0.1, 0.15) is 12.4 Å². The van der Waals surface area contributed by atoms with Gasteiger partial charge in [0, 0.05) is 0 Å². The fraction of sp³-hybridized carbons (Fsp3) is 0.174. The summed E-state index contributed by atoms with van der Waals surface area (Å²) in [6.45, 7) is 1.15. The molecule has 0 saturated carbocycles. The monoisotopic (exact) mass is 376 g/mol. The van der Waals surface area contributed by atoms with Crippen LogP contribution in [0.25, 0.3) is 0 Å². The van der Waals surface area contributed by atoms with Gasteiger partial charge < -0.3 is 19.6 Å². The van der Waals surface area contributed by atoms with E-state index in [1.54, 1.807) is 20.4 Å². The van der Waals surface area contributed by atoms with Crippen molar-refractivity contribution in [3.8, 4) is 17.2 Å². The number of hydrogen-bond acceptors (Lipinski definition) is 5. The molecule has 0 aliphatic carbocycles. The molecule has 0 bridgehead atoms. The van der Waals surface area contributed by atoms with E-state index < -0.39 is 0 Å². The molecular formula is C23H24N2O3. The van der Waals surface area contributed by atoms with E-state index in [2.05, 4.69) is 10.5 Å². The first kappa shape index (κ1) is 19.3. The van der Waals surface area contributed by atoms with E-state index in [4.69, 9.17) is 14.2 Å². The third-order valence-corrected chi connectivity index (χ3v) is 4.16. The van der Waals surface area contributed by atoms with Crippen molar-refractivity contribution in [2.75, 3.05) is 14.2 Å². The minimum Gasteiger partial charge on any atom is -0.493 e. The lowest BCUT2D eigenvalue weighted by Crippen LogP contribution is -2.06. The van der Waals surface area contributed by atoms with Crippen LogP contribution in [0.2, 0.25) is 0 Å². The van der Waals surface area contributed by atoms with E-state index in [1.807, 2.05) is 72.8 Å². The maximum Gasteiger partial charge on any atom is 0.161 e. The van der Waals surface area contributed by atoms with Gasteiger partial charge in [-0.15, -0.1) is 0 Å². The lowest BCUT2D eigenvalue weighted by atomic mass is 10.2. The number of hydrogen-bond donors (Lipinski definition) is 1. The van der Waals surface area contributed by atoms with Crippen LogP contribution in [-0.4, -0.2) is 20.4 Å². The maximum absolute atomic E-state index is 5.79. The summed E-state index contributed by atoms with van der Waals surface area (Å²) in [7, 11) is 3.25. The van der Waals surface area contributed by atoms with Crippen molar-refractivity contribution in [2.45, 2.75) is 13.2 Å². The number of ether oxygens (including phenoxy) is 3. The Morgan fingerprint density at radius 3 is 2.29 bits per heavy atom.